The third-order valence-corrected chi connectivity index (χ3v) is 6.07. The molecule has 0 spiro atoms. The standard InChI is InChI=1S/C24H24F3N7O4/c1-23(2,3)37-22(36)33-8-5-13(6-9-33)17-11-18(35)30-20-15(12-29-34(17)20)21-31-19(32-38-21)16-10-14(4-7-28-16)24(25,26)27/h4,7,10-13H,5-6,8-9H2,1-3H3,(H,30,35). The van der Waals surface area contributed by atoms with Gasteiger partial charge in [-0.05, 0) is 45.7 Å². The number of nitrogens with one attached hydrogen (secondary N) is 1. The largest absolute Gasteiger partial charge is 0.444 e. The van der Waals surface area contributed by atoms with Gasteiger partial charge in [-0.3, -0.25) is 9.78 Å². The molecule has 4 aromatic rings. The van der Waals surface area contributed by atoms with Gasteiger partial charge >= 0.3 is 12.3 Å². The SMILES string of the molecule is CC(C)(C)OC(=O)N1CCC(c2cc(=O)[nH]c3c(-c4nc(-c5cc(C(F)(F)F)ccn5)no4)cnn23)CC1. The van der Waals surface area contributed by atoms with Gasteiger partial charge in [-0.2, -0.15) is 23.3 Å². The molecule has 1 saturated heterocycles. The van der Waals surface area contributed by atoms with Gasteiger partial charge < -0.3 is 19.1 Å². The molecule has 0 aromatic carbocycles. The molecule has 5 heterocycles. The molecular formula is C24H24F3N7O4. The van der Waals surface area contributed by atoms with Crippen LogP contribution in [-0.4, -0.2) is 59.4 Å². The predicted molar refractivity (Wildman–Crippen MR) is 127 cm³/mol. The molecule has 1 fully saturated rings. The van der Waals surface area contributed by atoms with E-state index in [0.29, 0.717) is 42.8 Å². The average molecular weight is 531 g/mol. The Morgan fingerprint density at radius 2 is 1.92 bits per heavy atom. The van der Waals surface area contributed by atoms with Crippen molar-refractivity contribution in [1.82, 2.24) is 34.6 Å². The Labute approximate surface area is 213 Å². The molecule has 1 amide bonds. The molecule has 1 aliphatic heterocycles. The number of piperidine rings is 1. The molecule has 200 valence electrons. The van der Waals surface area contributed by atoms with Gasteiger partial charge in [0.2, 0.25) is 5.82 Å². The van der Waals surface area contributed by atoms with Crippen LogP contribution in [0, 0.1) is 0 Å². The number of carbonyl (C=O) groups is 1. The number of pyridine rings is 1. The predicted octanol–water partition coefficient (Wildman–Crippen LogP) is 4.27. The van der Waals surface area contributed by atoms with Crippen LogP contribution in [0.5, 0.6) is 0 Å². The summed E-state index contributed by atoms with van der Waals surface area (Å²) < 4.78 is 51.5. The lowest BCUT2D eigenvalue weighted by molar-refractivity contribution is -0.137. The molecule has 11 nitrogen and oxygen atoms in total. The molecule has 14 heteroatoms. The van der Waals surface area contributed by atoms with Crippen LogP contribution in [0.15, 0.2) is 39.9 Å². The van der Waals surface area contributed by atoms with Crippen molar-refractivity contribution in [3.63, 3.8) is 0 Å². The van der Waals surface area contributed by atoms with Crippen molar-refractivity contribution in [3.05, 3.63) is 52.2 Å². The third-order valence-electron chi connectivity index (χ3n) is 6.07. The van der Waals surface area contributed by atoms with E-state index < -0.39 is 17.3 Å². The molecule has 5 rings (SSSR count). The van der Waals surface area contributed by atoms with E-state index in [0.717, 1.165) is 18.3 Å². The van der Waals surface area contributed by atoms with E-state index in [4.69, 9.17) is 9.26 Å². The van der Waals surface area contributed by atoms with Crippen LogP contribution in [0.2, 0.25) is 0 Å². The molecule has 0 radical (unpaired) electrons. The lowest BCUT2D eigenvalue weighted by atomic mass is 9.93. The van der Waals surface area contributed by atoms with Gasteiger partial charge in [0.05, 0.1) is 17.5 Å². The fraction of sp³-hybridized carbons (Fsp3) is 0.417. The van der Waals surface area contributed by atoms with E-state index in [2.05, 4.69) is 25.2 Å². The summed E-state index contributed by atoms with van der Waals surface area (Å²) in [5, 5.41) is 8.15. The quantitative estimate of drug-likeness (QED) is 0.415. The summed E-state index contributed by atoms with van der Waals surface area (Å²) in [6.07, 6.45) is -1.29. The minimum Gasteiger partial charge on any atom is -0.444 e. The first kappa shape index (κ1) is 25.4. The number of hydrogen-bond acceptors (Lipinski definition) is 8. The molecule has 0 saturated carbocycles. The summed E-state index contributed by atoms with van der Waals surface area (Å²) in [5.41, 5.74) is -0.713. The van der Waals surface area contributed by atoms with Crippen molar-refractivity contribution < 1.29 is 27.2 Å². The van der Waals surface area contributed by atoms with Crippen LogP contribution >= 0.6 is 0 Å². The maximum absolute atomic E-state index is 13.1. The lowest BCUT2D eigenvalue weighted by Gasteiger charge is -2.33. The van der Waals surface area contributed by atoms with Crippen LogP contribution in [0.3, 0.4) is 0 Å². The second-order valence-electron chi connectivity index (χ2n) is 9.97. The van der Waals surface area contributed by atoms with Gasteiger partial charge in [-0.1, -0.05) is 5.16 Å². The highest BCUT2D eigenvalue weighted by molar-refractivity contribution is 5.72. The first-order chi connectivity index (χ1) is 17.9. The number of ether oxygens (including phenoxy) is 1. The number of aromatic amines is 1. The number of likely N-dealkylation sites (tertiary alicyclic amines) is 1. The average Bonchev–Trinajstić information content (AvgIpc) is 3.49. The number of H-pyrrole nitrogens is 1. The van der Waals surface area contributed by atoms with E-state index in [9.17, 15) is 22.8 Å². The van der Waals surface area contributed by atoms with Crippen LogP contribution in [-0.2, 0) is 10.9 Å². The summed E-state index contributed by atoms with van der Waals surface area (Å²) in [4.78, 5) is 37.4. The number of carbonyl (C=O) groups excluding carboxylic acids is 1. The van der Waals surface area contributed by atoms with Crippen LogP contribution in [0.25, 0.3) is 28.6 Å². The van der Waals surface area contributed by atoms with E-state index in [1.165, 1.54) is 12.3 Å². The van der Waals surface area contributed by atoms with E-state index in [-0.39, 0.29) is 35.0 Å². The number of alkyl halides is 3. The number of nitrogens with zero attached hydrogens (tertiary/aromatic N) is 6. The zero-order valence-corrected chi connectivity index (χ0v) is 20.7. The molecule has 4 aromatic heterocycles. The minimum atomic E-state index is -4.55. The normalized spacial score (nSPS) is 15.3. The van der Waals surface area contributed by atoms with Gasteiger partial charge in [-0.15, -0.1) is 0 Å². The molecule has 1 N–H and O–H groups in total. The lowest BCUT2D eigenvalue weighted by Crippen LogP contribution is -2.41. The van der Waals surface area contributed by atoms with Crippen LogP contribution < -0.4 is 5.56 Å². The smallest absolute Gasteiger partial charge is 0.416 e. The second kappa shape index (κ2) is 9.26. The van der Waals surface area contributed by atoms with Crippen molar-refractivity contribution in [2.45, 2.75) is 51.3 Å². The fourth-order valence-electron chi connectivity index (χ4n) is 4.31. The fourth-order valence-corrected chi connectivity index (χ4v) is 4.31. The Morgan fingerprint density at radius 3 is 2.61 bits per heavy atom. The van der Waals surface area contributed by atoms with Gasteiger partial charge in [-0.25, -0.2) is 9.31 Å². The minimum absolute atomic E-state index is 0.0400. The number of halogens is 3. The van der Waals surface area contributed by atoms with Gasteiger partial charge in [0.1, 0.15) is 22.5 Å². The van der Waals surface area contributed by atoms with E-state index in [1.54, 1.807) is 9.42 Å². The zero-order valence-electron chi connectivity index (χ0n) is 20.7. The molecule has 0 aliphatic carbocycles. The van der Waals surface area contributed by atoms with Crippen molar-refractivity contribution in [1.29, 1.82) is 0 Å². The highest BCUT2D eigenvalue weighted by Crippen LogP contribution is 2.33. The Bertz CT molecular complexity index is 1540. The van der Waals surface area contributed by atoms with E-state index >= 15 is 0 Å². The molecular weight excluding hydrogens is 507 g/mol. The first-order valence-electron chi connectivity index (χ1n) is 11.9. The Kier molecular flexibility index (Phi) is 6.19. The second-order valence-corrected chi connectivity index (χ2v) is 9.97. The molecule has 1 aliphatic rings. The van der Waals surface area contributed by atoms with Crippen molar-refractivity contribution in [2.75, 3.05) is 13.1 Å². The molecule has 38 heavy (non-hydrogen) atoms. The first-order valence-corrected chi connectivity index (χ1v) is 11.9. The Morgan fingerprint density at radius 1 is 1.18 bits per heavy atom. The van der Waals surface area contributed by atoms with Gasteiger partial charge in [0, 0.05) is 31.3 Å². The van der Waals surface area contributed by atoms with Crippen molar-refractivity contribution >= 4 is 11.7 Å². The van der Waals surface area contributed by atoms with E-state index in [1.807, 2.05) is 20.8 Å². The summed E-state index contributed by atoms with van der Waals surface area (Å²) in [5.74, 6) is -0.237. The maximum Gasteiger partial charge on any atom is 0.416 e. The zero-order chi connectivity index (χ0) is 27.2. The summed E-state index contributed by atoms with van der Waals surface area (Å²) >= 11 is 0. The Balaban J connectivity index is 1.41. The number of hydrogen-bond donors (Lipinski definition) is 1. The number of amides is 1. The molecule has 0 atom stereocenters. The molecule has 0 bridgehead atoms. The number of rotatable bonds is 3. The topological polar surface area (TPSA) is 132 Å². The summed E-state index contributed by atoms with van der Waals surface area (Å²) in [6, 6.07) is 3.14. The maximum atomic E-state index is 13.1. The number of aromatic nitrogens is 6. The highest BCUT2D eigenvalue weighted by atomic mass is 19.4. The van der Waals surface area contributed by atoms with Crippen molar-refractivity contribution in [3.8, 4) is 23.0 Å². The van der Waals surface area contributed by atoms with Crippen LogP contribution in [0.4, 0.5) is 18.0 Å². The van der Waals surface area contributed by atoms with Gasteiger partial charge in [0.15, 0.2) is 0 Å². The van der Waals surface area contributed by atoms with Crippen LogP contribution in [0.1, 0.15) is 50.8 Å². The Hall–Kier alpha value is -4.23. The van der Waals surface area contributed by atoms with Gasteiger partial charge in [0.25, 0.3) is 11.4 Å². The van der Waals surface area contributed by atoms with Crippen molar-refractivity contribution in [2.24, 2.45) is 0 Å². The monoisotopic (exact) mass is 531 g/mol. The number of fused-ring (bicyclic) bond motifs is 1. The summed E-state index contributed by atoms with van der Waals surface area (Å²) in [6.45, 7) is 6.34. The highest BCUT2D eigenvalue weighted by Gasteiger charge is 2.32. The molecule has 0 unspecified atom stereocenters. The summed E-state index contributed by atoms with van der Waals surface area (Å²) in [7, 11) is 0. The third kappa shape index (κ3) is 5.10.